The molecule has 2 aliphatic heterocycles. The Bertz CT molecular complexity index is 479. The van der Waals surface area contributed by atoms with Crippen LogP contribution in [0.25, 0.3) is 0 Å². The van der Waals surface area contributed by atoms with E-state index in [1.807, 2.05) is 0 Å². The van der Waals surface area contributed by atoms with Crippen LogP contribution in [0.4, 0.5) is 0 Å². The number of nitrogens with two attached hydrogens (primary N) is 1. The minimum absolute atomic E-state index is 0. The van der Waals surface area contributed by atoms with Crippen molar-refractivity contribution in [2.24, 2.45) is 22.6 Å². The van der Waals surface area contributed by atoms with Gasteiger partial charge >= 0.3 is 0 Å². The van der Waals surface area contributed by atoms with Crippen LogP contribution in [0.3, 0.4) is 0 Å². The molecule has 164 valence electrons. The summed E-state index contributed by atoms with van der Waals surface area (Å²) in [6.07, 6.45) is 4.60. The number of nitrogens with zero attached hydrogens (tertiary/aromatic N) is 3. The minimum atomic E-state index is -0.240. The first-order valence-electron chi connectivity index (χ1n) is 10.7. The smallest absolute Gasteiger partial charge is 0.231 e. The Labute approximate surface area is 188 Å². The van der Waals surface area contributed by atoms with Crippen molar-refractivity contribution >= 4 is 35.8 Å². The van der Waals surface area contributed by atoms with Crippen molar-refractivity contribution in [3.8, 4) is 0 Å². The predicted molar refractivity (Wildman–Crippen MR) is 127 cm³/mol. The van der Waals surface area contributed by atoms with Crippen LogP contribution in [0.15, 0.2) is 4.99 Å². The maximum Gasteiger partial charge on any atom is 0.231 e. The number of primary amides is 1. The van der Waals surface area contributed by atoms with Gasteiger partial charge in [-0.2, -0.15) is 0 Å². The van der Waals surface area contributed by atoms with Crippen molar-refractivity contribution in [3.63, 3.8) is 0 Å². The van der Waals surface area contributed by atoms with Gasteiger partial charge in [0.15, 0.2) is 5.96 Å². The van der Waals surface area contributed by atoms with Crippen molar-refractivity contribution in [1.82, 2.24) is 20.4 Å². The predicted octanol–water partition coefficient (Wildman–Crippen LogP) is 1.48. The number of hydrogen-bond donors (Lipinski definition) is 3. The fourth-order valence-corrected chi connectivity index (χ4v) is 4.17. The summed E-state index contributed by atoms with van der Waals surface area (Å²) < 4.78 is 0. The summed E-state index contributed by atoms with van der Waals surface area (Å²) in [5.41, 5.74) is 5.30. The van der Waals surface area contributed by atoms with Gasteiger partial charge in [0, 0.05) is 45.3 Å². The number of carbonyl (C=O) groups is 1. The number of hydrogen-bond acceptors (Lipinski definition) is 4. The molecule has 2 saturated heterocycles. The molecule has 0 saturated carbocycles. The zero-order valence-corrected chi connectivity index (χ0v) is 20.3. The zero-order valence-electron chi connectivity index (χ0n) is 18.0. The topological polar surface area (TPSA) is 86.0 Å². The molecule has 0 aromatic rings. The Morgan fingerprint density at radius 1 is 1.18 bits per heavy atom. The molecule has 1 amide bonds. The van der Waals surface area contributed by atoms with E-state index < -0.39 is 0 Å². The normalized spacial score (nSPS) is 22.7. The number of halogens is 1. The van der Waals surface area contributed by atoms with Crippen molar-refractivity contribution in [3.05, 3.63) is 0 Å². The molecule has 1 atom stereocenters. The molecule has 8 heteroatoms. The van der Waals surface area contributed by atoms with Gasteiger partial charge in [-0.3, -0.25) is 14.7 Å². The van der Waals surface area contributed by atoms with E-state index in [1.54, 1.807) is 0 Å². The van der Waals surface area contributed by atoms with E-state index in [2.05, 4.69) is 41.2 Å². The average molecular weight is 508 g/mol. The molecule has 2 rings (SSSR count). The second-order valence-electron chi connectivity index (χ2n) is 8.54. The minimum Gasteiger partial charge on any atom is -0.369 e. The number of piperidine rings is 2. The van der Waals surface area contributed by atoms with Gasteiger partial charge in [-0.25, -0.2) is 0 Å². The molecule has 4 N–H and O–H groups in total. The summed E-state index contributed by atoms with van der Waals surface area (Å²) in [4.78, 5) is 20.7. The highest BCUT2D eigenvalue weighted by Crippen LogP contribution is 2.18. The molecular weight excluding hydrogens is 467 g/mol. The number of amides is 1. The van der Waals surface area contributed by atoms with Crippen molar-refractivity contribution in [2.75, 3.05) is 52.4 Å². The van der Waals surface area contributed by atoms with Crippen LogP contribution in [0, 0.1) is 11.8 Å². The Morgan fingerprint density at radius 3 is 2.50 bits per heavy atom. The highest BCUT2D eigenvalue weighted by Gasteiger charge is 2.22. The van der Waals surface area contributed by atoms with Crippen LogP contribution in [0.2, 0.25) is 0 Å². The third kappa shape index (κ3) is 9.73. The summed E-state index contributed by atoms with van der Waals surface area (Å²) in [5, 5.41) is 6.99. The van der Waals surface area contributed by atoms with Crippen LogP contribution in [-0.2, 0) is 4.79 Å². The molecule has 0 aromatic carbocycles. The Hall–Kier alpha value is -0.610. The van der Waals surface area contributed by atoms with Crippen molar-refractivity contribution in [2.45, 2.75) is 52.5 Å². The lowest BCUT2D eigenvalue weighted by Crippen LogP contribution is -2.50. The number of aliphatic imine (C=N–C) groups is 1. The highest BCUT2D eigenvalue weighted by atomic mass is 127. The number of likely N-dealkylation sites (tertiary alicyclic amines) is 2. The van der Waals surface area contributed by atoms with Crippen LogP contribution in [0.5, 0.6) is 0 Å². The fourth-order valence-electron chi connectivity index (χ4n) is 4.17. The Morgan fingerprint density at radius 2 is 1.89 bits per heavy atom. The maximum absolute atomic E-state index is 11.1. The molecule has 2 heterocycles. The first-order valence-corrected chi connectivity index (χ1v) is 10.7. The summed E-state index contributed by atoms with van der Waals surface area (Å²) in [6, 6.07) is 0.413. The molecule has 0 aliphatic carbocycles. The second kappa shape index (κ2) is 13.6. The molecule has 28 heavy (non-hydrogen) atoms. The third-order valence-corrected chi connectivity index (χ3v) is 5.39. The van der Waals surface area contributed by atoms with Gasteiger partial charge in [0.25, 0.3) is 0 Å². The average Bonchev–Trinajstić information content (AvgIpc) is 2.61. The van der Waals surface area contributed by atoms with Gasteiger partial charge in [-0.1, -0.05) is 13.8 Å². The molecule has 0 aromatic heterocycles. The van der Waals surface area contributed by atoms with E-state index in [1.165, 1.54) is 32.5 Å². The standard InChI is InChI=1S/C20H40N6O.HI/c1-4-22-20(24-18-7-10-25(11-8-18)15-19(21)27)23-12-17-6-5-9-26(14-17)13-16(2)3;/h16-18H,4-15H2,1-3H3,(H2,21,27)(H2,22,23,24);1H. The molecule has 0 spiro atoms. The molecule has 2 aliphatic rings. The quantitative estimate of drug-likeness (QED) is 0.263. The van der Waals surface area contributed by atoms with E-state index in [9.17, 15) is 4.79 Å². The van der Waals surface area contributed by atoms with E-state index in [-0.39, 0.29) is 29.9 Å². The van der Waals surface area contributed by atoms with Crippen LogP contribution in [0.1, 0.15) is 46.5 Å². The largest absolute Gasteiger partial charge is 0.369 e. The van der Waals surface area contributed by atoms with Gasteiger partial charge in [0.2, 0.25) is 5.91 Å². The monoisotopic (exact) mass is 508 g/mol. The SMILES string of the molecule is CCNC(=NCC1CCCN(CC(C)C)C1)NC1CCN(CC(N)=O)CC1.I. The lowest BCUT2D eigenvalue weighted by molar-refractivity contribution is -0.119. The van der Waals surface area contributed by atoms with Crippen LogP contribution in [-0.4, -0.2) is 80.1 Å². The zero-order chi connectivity index (χ0) is 19.6. The van der Waals surface area contributed by atoms with Gasteiger partial charge in [0.05, 0.1) is 6.54 Å². The van der Waals surface area contributed by atoms with Gasteiger partial charge in [-0.15, -0.1) is 24.0 Å². The van der Waals surface area contributed by atoms with E-state index in [0.29, 0.717) is 18.5 Å². The molecule has 0 radical (unpaired) electrons. The summed E-state index contributed by atoms with van der Waals surface area (Å²) in [7, 11) is 0. The molecule has 0 bridgehead atoms. The second-order valence-corrected chi connectivity index (χ2v) is 8.54. The number of rotatable bonds is 8. The third-order valence-electron chi connectivity index (χ3n) is 5.39. The summed E-state index contributed by atoms with van der Waals surface area (Å²) in [6.45, 7) is 14.3. The molecule has 2 fully saturated rings. The van der Waals surface area contributed by atoms with Crippen LogP contribution >= 0.6 is 24.0 Å². The number of carbonyl (C=O) groups excluding carboxylic acids is 1. The van der Waals surface area contributed by atoms with Gasteiger partial charge < -0.3 is 21.3 Å². The first-order chi connectivity index (χ1) is 13.0. The summed E-state index contributed by atoms with van der Waals surface area (Å²) >= 11 is 0. The highest BCUT2D eigenvalue weighted by molar-refractivity contribution is 14.0. The first kappa shape index (κ1) is 25.4. The van der Waals surface area contributed by atoms with E-state index in [0.717, 1.165) is 50.9 Å². The van der Waals surface area contributed by atoms with Crippen LogP contribution < -0.4 is 16.4 Å². The Kier molecular flexibility index (Phi) is 12.3. The lowest BCUT2D eigenvalue weighted by atomic mass is 9.97. The van der Waals surface area contributed by atoms with Gasteiger partial charge in [-0.05, 0) is 51.0 Å². The summed E-state index contributed by atoms with van der Waals surface area (Å²) in [5.74, 6) is 2.08. The number of guanidine groups is 1. The van der Waals surface area contributed by atoms with Crippen molar-refractivity contribution < 1.29 is 4.79 Å². The Balaban J connectivity index is 0.00000392. The maximum atomic E-state index is 11.1. The molecular formula is C20H41IN6O. The fraction of sp³-hybridized carbons (Fsp3) is 0.900. The molecule has 1 unspecified atom stereocenters. The molecule has 7 nitrogen and oxygen atoms in total. The van der Waals surface area contributed by atoms with E-state index in [4.69, 9.17) is 10.7 Å². The lowest BCUT2D eigenvalue weighted by Gasteiger charge is -2.34. The number of nitrogens with one attached hydrogen (secondary N) is 2. The van der Waals surface area contributed by atoms with Gasteiger partial charge in [0.1, 0.15) is 0 Å². The van der Waals surface area contributed by atoms with E-state index >= 15 is 0 Å². The van der Waals surface area contributed by atoms with Crippen molar-refractivity contribution in [1.29, 1.82) is 0 Å².